The average Bonchev–Trinajstić information content (AvgIpc) is 3.94. The van der Waals surface area contributed by atoms with Crippen LogP contribution in [0.1, 0.15) is 78.4 Å². The number of rotatable bonds is 10. The summed E-state index contributed by atoms with van der Waals surface area (Å²) in [6, 6.07) is 0.516. The maximum Gasteiger partial charge on any atom is 0.407 e. The lowest BCUT2D eigenvalue weighted by Crippen LogP contribution is -2.46. The van der Waals surface area contributed by atoms with Crippen molar-refractivity contribution in [1.82, 2.24) is 30.7 Å². The number of nitrogens with one attached hydrogen (secondary N) is 3. The van der Waals surface area contributed by atoms with Gasteiger partial charge in [0.15, 0.2) is 23.3 Å². The van der Waals surface area contributed by atoms with E-state index in [0.29, 0.717) is 56.7 Å². The summed E-state index contributed by atoms with van der Waals surface area (Å²) in [5, 5.41) is 7.83. The van der Waals surface area contributed by atoms with Gasteiger partial charge in [-0.2, -0.15) is 0 Å². The summed E-state index contributed by atoms with van der Waals surface area (Å²) in [5.41, 5.74) is -1.87. The second-order valence-corrected chi connectivity index (χ2v) is 18.8. The van der Waals surface area contributed by atoms with E-state index in [1.165, 1.54) is 4.90 Å². The van der Waals surface area contributed by atoms with Crippen LogP contribution < -0.4 is 16.0 Å². The van der Waals surface area contributed by atoms with Crippen LogP contribution in [0.4, 0.5) is 40.7 Å². The maximum absolute atomic E-state index is 14.2. The number of fused-ring (bicyclic) bond motifs is 2. The number of carbonyl (C=O) groups is 5. The molecule has 4 fully saturated rings. The summed E-state index contributed by atoms with van der Waals surface area (Å²) in [4.78, 5) is 67.0. The Hall–Kier alpha value is -4.78. The highest BCUT2D eigenvalue weighted by Crippen LogP contribution is 2.33. The van der Waals surface area contributed by atoms with E-state index in [4.69, 9.17) is 21.1 Å². The fourth-order valence-electron chi connectivity index (χ4n) is 8.50. The average molecular weight is 917 g/mol. The van der Waals surface area contributed by atoms with Crippen molar-refractivity contribution >= 4 is 41.0 Å². The first-order valence-electron chi connectivity index (χ1n) is 20.9. The predicted octanol–water partition coefficient (Wildman–Crippen LogP) is 6.57. The number of hydrogen-bond donors (Lipinski definition) is 3. The van der Waals surface area contributed by atoms with Crippen LogP contribution in [0, 0.1) is 46.7 Å². The van der Waals surface area contributed by atoms with Crippen LogP contribution in [0.3, 0.4) is 0 Å². The van der Waals surface area contributed by atoms with E-state index in [9.17, 15) is 50.3 Å². The Labute approximate surface area is 367 Å². The van der Waals surface area contributed by atoms with Gasteiger partial charge >= 0.3 is 17.6 Å². The molecule has 4 aliphatic rings. The first kappa shape index (κ1) is 49.2. The normalized spacial score (nSPS) is 21.5. The van der Waals surface area contributed by atoms with Crippen LogP contribution in [0.15, 0.2) is 24.3 Å². The van der Waals surface area contributed by atoms with Crippen molar-refractivity contribution < 1.29 is 59.8 Å². The van der Waals surface area contributed by atoms with Gasteiger partial charge in [-0.15, -0.1) is 0 Å². The number of alkyl carbamates (subject to hydrolysis) is 2. The van der Waals surface area contributed by atoms with Crippen molar-refractivity contribution in [2.45, 2.75) is 115 Å². The summed E-state index contributed by atoms with van der Waals surface area (Å²) in [5.74, 6) is -6.91. The third kappa shape index (κ3) is 13.6. The molecule has 2 aromatic rings. The van der Waals surface area contributed by atoms with Gasteiger partial charge in [0.1, 0.15) is 22.8 Å². The molecule has 0 aromatic heterocycles. The van der Waals surface area contributed by atoms with E-state index in [1.54, 1.807) is 51.3 Å². The molecule has 0 unspecified atom stereocenters. The van der Waals surface area contributed by atoms with Gasteiger partial charge in [-0.25, -0.2) is 35.9 Å². The molecule has 20 heteroatoms. The molecule has 348 valence electrons. The van der Waals surface area contributed by atoms with Crippen LogP contribution in [-0.4, -0.2) is 119 Å². The lowest BCUT2D eigenvalue weighted by molar-refractivity contribution is -0.133. The molecule has 6 atom stereocenters. The third-order valence-corrected chi connectivity index (χ3v) is 11.5. The second kappa shape index (κ2) is 20.4. The summed E-state index contributed by atoms with van der Waals surface area (Å²) in [7, 11) is 0. The van der Waals surface area contributed by atoms with Gasteiger partial charge in [0, 0.05) is 88.3 Å². The number of ether oxygens (including phenoxy) is 2. The van der Waals surface area contributed by atoms with Gasteiger partial charge in [-0.05, 0) is 108 Å². The van der Waals surface area contributed by atoms with Crippen molar-refractivity contribution in [3.05, 3.63) is 70.3 Å². The second-order valence-electron chi connectivity index (χ2n) is 18.4. The van der Waals surface area contributed by atoms with Crippen molar-refractivity contribution in [1.29, 1.82) is 0 Å². The van der Waals surface area contributed by atoms with Gasteiger partial charge in [0.05, 0.1) is 6.04 Å². The number of carbonyl (C=O) groups excluding carboxylic acids is 5. The van der Waals surface area contributed by atoms with Gasteiger partial charge in [0.25, 0.3) is 0 Å². The van der Waals surface area contributed by atoms with Crippen LogP contribution in [-0.2, 0) is 31.9 Å². The number of nitrogens with zero attached hydrogens (tertiary/aromatic N) is 3. The molecule has 0 saturated carbocycles. The number of amides is 5. The quantitative estimate of drug-likeness (QED) is 0.105. The Morgan fingerprint density at radius 3 is 1.52 bits per heavy atom. The van der Waals surface area contributed by atoms with Crippen LogP contribution in [0.5, 0.6) is 0 Å². The molecule has 0 aliphatic carbocycles. The molecule has 3 N–H and O–H groups in total. The molecule has 0 bridgehead atoms. The van der Waals surface area contributed by atoms with Gasteiger partial charge in [-0.3, -0.25) is 14.4 Å². The molecule has 0 radical (unpaired) electrons. The Bertz CT molecular complexity index is 2040. The zero-order chi connectivity index (χ0) is 46.6. The van der Waals surface area contributed by atoms with Crippen molar-refractivity contribution in [2.75, 3.05) is 39.3 Å². The van der Waals surface area contributed by atoms with Gasteiger partial charge < -0.3 is 40.1 Å². The van der Waals surface area contributed by atoms with E-state index in [0.717, 1.165) is 25.6 Å². The molecule has 13 nitrogen and oxygen atoms in total. The lowest BCUT2D eigenvalue weighted by atomic mass is 10.0. The standard InChI is InChI=1S/C22H27ClF3N3O4.C21H28F3N3O3/c1-22(2,3)33-21(32)27-14(6-13-7-16(25)17(26)9-15(13)24)8-19(30)29-5-4-12-10-28(20(23)31)11-18(12)29;1-21(2,3)30-20(29)26-14(6-13-7-16(23)17(24)9-15(13)22)8-19(28)27-5-4-12-10-25-11-18(12)27/h7,9,12,14,18H,4-6,8,10-11H2,1-3H3,(H,27,32);7,9,12,14,18,25H,4-6,8,10-11H2,1-3H3,(H,26,29)/t2*12-,14+,18+/m00/s1. The van der Waals surface area contributed by atoms with Crippen molar-refractivity contribution in [2.24, 2.45) is 11.8 Å². The zero-order valence-corrected chi connectivity index (χ0v) is 36.9. The molecular formula is C43H55ClF6N6O7. The van der Waals surface area contributed by atoms with Crippen LogP contribution in [0.2, 0.25) is 0 Å². The molecule has 2 aromatic carbocycles. The summed E-state index contributed by atoms with van der Waals surface area (Å²) < 4.78 is 92.7. The van der Waals surface area contributed by atoms with Gasteiger partial charge in [-0.1, -0.05) is 0 Å². The topological polar surface area (TPSA) is 150 Å². The third-order valence-electron chi connectivity index (χ3n) is 11.3. The van der Waals surface area contributed by atoms with E-state index in [1.807, 2.05) is 0 Å². The Morgan fingerprint density at radius 1 is 0.651 bits per heavy atom. The zero-order valence-electron chi connectivity index (χ0n) is 36.1. The van der Waals surface area contributed by atoms with E-state index in [-0.39, 0.29) is 66.6 Å². The molecule has 63 heavy (non-hydrogen) atoms. The first-order valence-corrected chi connectivity index (χ1v) is 21.2. The summed E-state index contributed by atoms with van der Waals surface area (Å²) in [6.07, 6.45) is -0.690. The number of halogens is 7. The van der Waals surface area contributed by atoms with E-state index in [2.05, 4.69) is 16.0 Å². The number of likely N-dealkylation sites (tertiary alicyclic amines) is 3. The Balaban J connectivity index is 0.000000239. The lowest BCUT2D eigenvalue weighted by Gasteiger charge is -2.28. The molecule has 5 amide bonds. The van der Waals surface area contributed by atoms with Crippen molar-refractivity contribution in [3.63, 3.8) is 0 Å². The highest BCUT2D eigenvalue weighted by Gasteiger charge is 2.45. The first-order chi connectivity index (χ1) is 29.4. The summed E-state index contributed by atoms with van der Waals surface area (Å²) in [6.45, 7) is 13.6. The highest BCUT2D eigenvalue weighted by molar-refractivity contribution is 6.62. The molecule has 4 aliphatic heterocycles. The van der Waals surface area contributed by atoms with Gasteiger partial charge in [0.2, 0.25) is 11.8 Å². The fraction of sp³-hybridized carbons (Fsp3) is 0.605. The minimum absolute atomic E-state index is 0.0963. The van der Waals surface area contributed by atoms with Crippen molar-refractivity contribution in [3.8, 4) is 0 Å². The number of hydrogen-bond acceptors (Lipinski definition) is 8. The maximum atomic E-state index is 14.2. The minimum Gasteiger partial charge on any atom is -0.444 e. The SMILES string of the molecule is CC(C)(C)OC(=O)N[C@@H](CC(=O)N1CC[C@H]2CN(C(=O)Cl)C[C@H]21)Cc1cc(F)c(F)cc1F.CC(C)(C)OC(=O)N[C@@H](CC(=O)N1CC[C@H]2CNC[C@H]21)Cc1cc(F)c(F)cc1F. The van der Waals surface area contributed by atoms with E-state index < -0.39 is 75.7 Å². The highest BCUT2D eigenvalue weighted by atomic mass is 35.5. The largest absolute Gasteiger partial charge is 0.444 e. The molecule has 4 saturated heterocycles. The number of benzene rings is 2. The fourth-order valence-corrected chi connectivity index (χ4v) is 8.64. The molecular weight excluding hydrogens is 862 g/mol. The van der Waals surface area contributed by atoms with Crippen LogP contribution >= 0.6 is 11.6 Å². The molecule has 0 spiro atoms. The van der Waals surface area contributed by atoms with Crippen LogP contribution in [0.25, 0.3) is 0 Å². The molecule has 6 rings (SSSR count). The van der Waals surface area contributed by atoms with E-state index >= 15 is 0 Å². The Kier molecular flexibility index (Phi) is 15.9. The molecule has 4 heterocycles. The Morgan fingerprint density at radius 2 is 1.08 bits per heavy atom. The predicted molar refractivity (Wildman–Crippen MR) is 218 cm³/mol. The monoisotopic (exact) mass is 916 g/mol. The minimum atomic E-state index is -1.33. The smallest absolute Gasteiger partial charge is 0.407 e. The summed E-state index contributed by atoms with van der Waals surface area (Å²) >= 11 is 5.58.